The van der Waals surface area contributed by atoms with E-state index in [-0.39, 0.29) is 5.06 Å². The second-order valence-corrected chi connectivity index (χ2v) is 3.48. The van der Waals surface area contributed by atoms with E-state index in [1.807, 2.05) is 0 Å². The first kappa shape index (κ1) is 9.85. The first-order valence-corrected chi connectivity index (χ1v) is 4.08. The third kappa shape index (κ3) is 2.13. The lowest BCUT2D eigenvalue weighted by Crippen LogP contribution is -2.40. The summed E-state index contributed by atoms with van der Waals surface area (Å²) in [6, 6.07) is -1.92. The quantitative estimate of drug-likeness (QED) is 0.693. The highest BCUT2D eigenvalue weighted by atomic mass is 127. The highest BCUT2D eigenvalue weighted by Crippen LogP contribution is 2.29. The number of hydrogen-bond acceptors (Lipinski definition) is 2. The minimum Gasteiger partial charge on any atom is -0.288 e. The van der Waals surface area contributed by atoms with E-state index < -0.39 is 12.2 Å². The average Bonchev–Trinajstić information content (AvgIpc) is 1.92. The van der Waals surface area contributed by atoms with E-state index in [2.05, 4.69) is 0 Å². The molecule has 1 unspecified atom stereocenters. The van der Waals surface area contributed by atoms with Crippen LogP contribution in [0.2, 0.25) is 0 Å². The van der Waals surface area contributed by atoms with Crippen molar-refractivity contribution < 1.29 is 18.4 Å². The van der Waals surface area contributed by atoms with Gasteiger partial charge >= 0.3 is 6.18 Å². The predicted octanol–water partition coefficient (Wildman–Crippen LogP) is 2.45. The largest absolute Gasteiger partial charge is 0.414 e. The van der Waals surface area contributed by atoms with Crippen molar-refractivity contribution in [2.45, 2.75) is 12.2 Å². The molecule has 1 N–H and O–H groups in total. The lowest BCUT2D eigenvalue weighted by atomic mass is 10.2. The van der Waals surface area contributed by atoms with Gasteiger partial charge in [0, 0.05) is 9.78 Å². The Balaban J connectivity index is 2.85. The summed E-state index contributed by atoms with van der Waals surface area (Å²) < 4.78 is 36.7. The van der Waals surface area contributed by atoms with Gasteiger partial charge in [0.25, 0.3) is 0 Å². The monoisotopic (exact) mass is 291 g/mol. The summed E-state index contributed by atoms with van der Waals surface area (Å²) in [5, 5.41) is 8.94. The molecule has 6 heteroatoms. The SMILES string of the molecule is ON1C=CC(I)=CC1C(F)(F)F. The van der Waals surface area contributed by atoms with Crippen molar-refractivity contribution >= 4 is 22.6 Å². The molecule has 68 valence electrons. The highest BCUT2D eigenvalue weighted by Gasteiger charge is 2.42. The van der Waals surface area contributed by atoms with Gasteiger partial charge in [-0.05, 0) is 34.7 Å². The second-order valence-electron chi connectivity index (χ2n) is 2.23. The second kappa shape index (κ2) is 3.25. The molecule has 1 atom stereocenters. The van der Waals surface area contributed by atoms with Gasteiger partial charge in [-0.15, -0.1) is 0 Å². The van der Waals surface area contributed by atoms with Crippen LogP contribution in [0.25, 0.3) is 0 Å². The van der Waals surface area contributed by atoms with Crippen LogP contribution >= 0.6 is 22.6 Å². The van der Waals surface area contributed by atoms with Crippen LogP contribution in [0.5, 0.6) is 0 Å². The Morgan fingerprint density at radius 3 is 2.50 bits per heavy atom. The summed E-state index contributed by atoms with van der Waals surface area (Å²) >= 11 is 1.76. The summed E-state index contributed by atoms with van der Waals surface area (Å²) in [7, 11) is 0. The number of halogens is 4. The molecule has 0 bridgehead atoms. The normalized spacial score (nSPS) is 24.2. The summed E-state index contributed by atoms with van der Waals surface area (Å²) in [6.07, 6.45) is -1.11. The molecule has 0 fully saturated rings. The molecule has 12 heavy (non-hydrogen) atoms. The Kier molecular flexibility index (Phi) is 2.67. The van der Waals surface area contributed by atoms with Crippen LogP contribution in [0.4, 0.5) is 13.2 Å². The van der Waals surface area contributed by atoms with Gasteiger partial charge in [0.15, 0.2) is 6.04 Å². The molecule has 1 rings (SSSR count). The Morgan fingerprint density at radius 1 is 1.50 bits per heavy atom. The van der Waals surface area contributed by atoms with E-state index >= 15 is 0 Å². The Morgan fingerprint density at radius 2 is 2.08 bits per heavy atom. The van der Waals surface area contributed by atoms with Crippen LogP contribution in [0.3, 0.4) is 0 Å². The topological polar surface area (TPSA) is 23.5 Å². The summed E-state index contributed by atoms with van der Waals surface area (Å²) in [5.41, 5.74) is 0. The van der Waals surface area contributed by atoms with Crippen molar-refractivity contribution in [2.24, 2.45) is 0 Å². The number of rotatable bonds is 0. The molecule has 0 radical (unpaired) electrons. The van der Waals surface area contributed by atoms with Crippen molar-refractivity contribution in [1.82, 2.24) is 5.06 Å². The fraction of sp³-hybridized carbons (Fsp3) is 0.333. The summed E-state index contributed by atoms with van der Waals surface area (Å²) in [6.45, 7) is 0. The van der Waals surface area contributed by atoms with Gasteiger partial charge < -0.3 is 0 Å². The van der Waals surface area contributed by atoms with Crippen molar-refractivity contribution in [2.75, 3.05) is 0 Å². The number of allylic oxidation sites excluding steroid dienone is 2. The molecule has 0 amide bonds. The zero-order valence-electron chi connectivity index (χ0n) is 5.72. The van der Waals surface area contributed by atoms with Gasteiger partial charge in [-0.25, -0.2) is 5.06 Å². The molecule has 0 saturated heterocycles. The van der Waals surface area contributed by atoms with E-state index in [1.165, 1.54) is 6.08 Å². The van der Waals surface area contributed by atoms with E-state index in [1.54, 1.807) is 22.6 Å². The van der Waals surface area contributed by atoms with Crippen molar-refractivity contribution in [1.29, 1.82) is 0 Å². The molecule has 0 aromatic carbocycles. The van der Waals surface area contributed by atoms with Gasteiger partial charge in [0.05, 0.1) is 0 Å². The fourth-order valence-corrected chi connectivity index (χ4v) is 1.27. The van der Waals surface area contributed by atoms with Crippen molar-refractivity contribution in [3.05, 3.63) is 21.9 Å². The Labute approximate surface area is 80.4 Å². The van der Waals surface area contributed by atoms with Crippen LogP contribution in [-0.4, -0.2) is 22.5 Å². The van der Waals surface area contributed by atoms with Crippen LogP contribution in [-0.2, 0) is 0 Å². The minimum atomic E-state index is -4.43. The first-order valence-electron chi connectivity index (χ1n) is 3.01. The smallest absolute Gasteiger partial charge is 0.288 e. The molecule has 0 aromatic heterocycles. The zero-order chi connectivity index (χ0) is 9.35. The third-order valence-corrected chi connectivity index (χ3v) is 2.04. The maximum Gasteiger partial charge on any atom is 0.414 e. The predicted molar refractivity (Wildman–Crippen MR) is 44.7 cm³/mol. The molecular weight excluding hydrogens is 286 g/mol. The molecule has 1 heterocycles. The molecule has 0 saturated carbocycles. The lowest BCUT2D eigenvalue weighted by molar-refractivity contribution is -0.218. The van der Waals surface area contributed by atoms with E-state index in [4.69, 9.17) is 5.21 Å². The van der Waals surface area contributed by atoms with E-state index in [0.29, 0.717) is 3.58 Å². The first-order chi connectivity index (χ1) is 5.41. The lowest BCUT2D eigenvalue weighted by Gasteiger charge is -2.26. The fourth-order valence-electron chi connectivity index (χ4n) is 0.768. The van der Waals surface area contributed by atoms with Gasteiger partial charge in [-0.2, -0.15) is 13.2 Å². The average molecular weight is 291 g/mol. The molecular formula is C6H5F3INO. The standard InChI is InChI=1S/C6H5F3INO/c7-6(8,9)5-3-4(10)1-2-11(5)12/h1-3,5,12H. The molecule has 2 nitrogen and oxygen atoms in total. The highest BCUT2D eigenvalue weighted by molar-refractivity contribution is 14.1. The van der Waals surface area contributed by atoms with Crippen molar-refractivity contribution in [3.8, 4) is 0 Å². The van der Waals surface area contributed by atoms with Crippen LogP contribution in [0.1, 0.15) is 0 Å². The zero-order valence-corrected chi connectivity index (χ0v) is 7.87. The van der Waals surface area contributed by atoms with E-state index in [9.17, 15) is 13.2 Å². The third-order valence-electron chi connectivity index (χ3n) is 1.32. The maximum absolute atomic E-state index is 12.1. The number of alkyl halides is 3. The van der Waals surface area contributed by atoms with Crippen LogP contribution < -0.4 is 0 Å². The maximum atomic E-state index is 12.1. The van der Waals surface area contributed by atoms with Gasteiger partial charge in [-0.3, -0.25) is 5.21 Å². The van der Waals surface area contributed by atoms with Gasteiger partial charge in [-0.1, -0.05) is 0 Å². The number of hydroxylamine groups is 2. The number of nitrogens with zero attached hydrogens (tertiary/aromatic N) is 1. The molecule has 0 aliphatic carbocycles. The molecule has 0 aromatic rings. The molecule has 0 spiro atoms. The van der Waals surface area contributed by atoms with Crippen LogP contribution in [0.15, 0.2) is 21.9 Å². The van der Waals surface area contributed by atoms with Gasteiger partial charge in [0.2, 0.25) is 0 Å². The van der Waals surface area contributed by atoms with Crippen LogP contribution in [0, 0.1) is 0 Å². The summed E-state index contributed by atoms with van der Waals surface area (Å²) in [4.78, 5) is 0. The summed E-state index contributed by atoms with van der Waals surface area (Å²) in [5.74, 6) is 0. The van der Waals surface area contributed by atoms with Gasteiger partial charge in [0.1, 0.15) is 0 Å². The molecule has 1 aliphatic rings. The van der Waals surface area contributed by atoms with Crippen molar-refractivity contribution in [3.63, 3.8) is 0 Å². The Bertz CT molecular complexity index is 235. The minimum absolute atomic E-state index is 0.141. The Hall–Kier alpha value is -0.240. The number of hydrogen-bond donors (Lipinski definition) is 1. The molecule has 1 aliphatic heterocycles. The van der Waals surface area contributed by atoms with E-state index in [0.717, 1.165) is 12.3 Å².